The van der Waals surface area contributed by atoms with Crippen LogP contribution in [-0.2, 0) is 4.74 Å². The number of ether oxygens (including phenoxy) is 1. The lowest BCUT2D eigenvalue weighted by atomic mass is 9.76. The maximum Gasteiger partial charge on any atom is 0.410 e. The summed E-state index contributed by atoms with van der Waals surface area (Å²) in [6.07, 6.45) is -0.00531. The SMILES string of the molecule is CC(C)n1nc([C@H](c2cn3ncc([C@H](COC4CC4)N4C[C@@H](C(F)(F)F)NC4=O)cc3n2)C2CCC(F)(F)CC2)cc1C(N)=O. The fourth-order valence-corrected chi connectivity index (χ4v) is 6.25. The number of rotatable bonds is 10. The molecule has 0 spiro atoms. The molecule has 3 aromatic heterocycles. The number of urea groups is 1. The molecule has 16 heteroatoms. The van der Waals surface area contributed by atoms with Crippen molar-refractivity contribution in [1.29, 1.82) is 0 Å². The van der Waals surface area contributed by atoms with Gasteiger partial charge in [0, 0.05) is 30.4 Å². The molecule has 6 rings (SSSR count). The Bertz CT molecular complexity index is 1570. The molecule has 0 bridgehead atoms. The number of nitrogens with one attached hydrogen (secondary N) is 1. The number of nitrogens with two attached hydrogens (primary N) is 1. The van der Waals surface area contributed by atoms with Crippen LogP contribution in [0.15, 0.2) is 24.5 Å². The lowest BCUT2D eigenvalue weighted by Crippen LogP contribution is -2.40. The van der Waals surface area contributed by atoms with Crippen LogP contribution in [0.5, 0.6) is 0 Å². The second kappa shape index (κ2) is 11.5. The van der Waals surface area contributed by atoms with Crippen LogP contribution in [-0.4, -0.2) is 78.6 Å². The van der Waals surface area contributed by atoms with Crippen molar-refractivity contribution in [3.05, 3.63) is 47.2 Å². The molecular weight excluding hydrogens is 603 g/mol. The number of amides is 3. The zero-order valence-corrected chi connectivity index (χ0v) is 24.8. The largest absolute Gasteiger partial charge is 0.410 e. The number of imidazole rings is 1. The number of carbonyl (C=O) groups is 2. The van der Waals surface area contributed by atoms with E-state index in [9.17, 15) is 31.5 Å². The lowest BCUT2D eigenvalue weighted by Gasteiger charge is -2.32. The Labute approximate surface area is 255 Å². The van der Waals surface area contributed by atoms with Gasteiger partial charge in [0.05, 0.1) is 49.1 Å². The number of fused-ring (bicyclic) bond motifs is 1. The smallest absolute Gasteiger partial charge is 0.376 e. The number of hydrogen-bond acceptors (Lipinski definition) is 6. The molecule has 0 radical (unpaired) electrons. The minimum atomic E-state index is -4.61. The van der Waals surface area contributed by atoms with Gasteiger partial charge in [-0.25, -0.2) is 23.1 Å². The van der Waals surface area contributed by atoms with Gasteiger partial charge in [-0.1, -0.05) is 0 Å². The normalized spacial score (nSPS) is 22.3. The van der Waals surface area contributed by atoms with Crippen molar-refractivity contribution < 1.29 is 36.3 Å². The van der Waals surface area contributed by atoms with E-state index in [1.807, 2.05) is 19.2 Å². The van der Waals surface area contributed by atoms with Crippen molar-refractivity contribution in [1.82, 2.24) is 34.6 Å². The average Bonchev–Trinajstić information content (AvgIpc) is 3.33. The molecule has 3 fully saturated rings. The third kappa shape index (κ3) is 6.47. The van der Waals surface area contributed by atoms with E-state index in [1.165, 1.54) is 15.4 Å². The van der Waals surface area contributed by atoms with Gasteiger partial charge in [-0.3, -0.25) is 9.48 Å². The minimum absolute atomic E-state index is 0.00846. The van der Waals surface area contributed by atoms with E-state index in [1.54, 1.807) is 18.3 Å². The molecule has 3 N–H and O–H groups in total. The Morgan fingerprint density at radius 1 is 1.16 bits per heavy atom. The molecule has 3 amide bonds. The number of halogens is 5. The topological polar surface area (TPSA) is 133 Å². The fourth-order valence-electron chi connectivity index (χ4n) is 6.25. The van der Waals surface area contributed by atoms with Crippen LogP contribution in [0, 0.1) is 5.92 Å². The van der Waals surface area contributed by atoms with Crippen molar-refractivity contribution in [3.8, 4) is 0 Å². The van der Waals surface area contributed by atoms with Gasteiger partial charge in [0.15, 0.2) is 5.65 Å². The molecule has 2 aliphatic carbocycles. The Morgan fingerprint density at radius 2 is 1.87 bits per heavy atom. The molecule has 45 heavy (non-hydrogen) atoms. The predicted molar refractivity (Wildman–Crippen MR) is 150 cm³/mol. The predicted octanol–water partition coefficient (Wildman–Crippen LogP) is 4.74. The highest BCUT2D eigenvalue weighted by atomic mass is 19.4. The Kier molecular flexibility index (Phi) is 7.98. The number of aromatic nitrogens is 5. The number of alkyl halides is 5. The lowest BCUT2D eigenvalue weighted by molar-refractivity contribution is -0.150. The maximum atomic E-state index is 14.2. The first-order valence-corrected chi connectivity index (χ1v) is 15.1. The van der Waals surface area contributed by atoms with Gasteiger partial charge < -0.3 is 20.7 Å². The second-order valence-electron chi connectivity index (χ2n) is 12.5. The van der Waals surface area contributed by atoms with Gasteiger partial charge in [-0.05, 0) is 57.6 Å². The minimum Gasteiger partial charge on any atom is -0.376 e. The number of hydrogen-bond donors (Lipinski definition) is 2. The summed E-state index contributed by atoms with van der Waals surface area (Å²) in [5, 5.41) is 11.1. The van der Waals surface area contributed by atoms with E-state index in [2.05, 4.69) is 10.2 Å². The van der Waals surface area contributed by atoms with E-state index in [0.29, 0.717) is 22.6 Å². The van der Waals surface area contributed by atoms with E-state index in [4.69, 9.17) is 15.5 Å². The molecule has 3 atom stereocenters. The van der Waals surface area contributed by atoms with Crippen molar-refractivity contribution in [2.75, 3.05) is 13.2 Å². The molecule has 3 aliphatic rings. The van der Waals surface area contributed by atoms with Crippen LogP contribution in [0.2, 0.25) is 0 Å². The summed E-state index contributed by atoms with van der Waals surface area (Å²) < 4.78 is 77.5. The van der Waals surface area contributed by atoms with E-state index in [0.717, 1.165) is 17.7 Å². The van der Waals surface area contributed by atoms with E-state index in [-0.39, 0.29) is 56.0 Å². The first kappa shape index (κ1) is 31.2. The third-order valence-corrected chi connectivity index (χ3v) is 8.83. The fraction of sp³-hybridized carbons (Fsp3) is 0.621. The molecule has 11 nitrogen and oxygen atoms in total. The summed E-state index contributed by atoms with van der Waals surface area (Å²) in [5.41, 5.74) is 7.56. The maximum absolute atomic E-state index is 14.2. The third-order valence-electron chi connectivity index (χ3n) is 8.83. The van der Waals surface area contributed by atoms with Crippen LogP contribution in [0.1, 0.15) is 97.8 Å². The standard InChI is InChI=1S/C29H35F5N8O3/c1-15(2)42-21(26(35)43)10-19(39-42)25(16-5-7-28(30,31)8-6-16)20-12-41-24(37-20)9-17(11-36-41)22(14-45-18-3-4-18)40-13-23(29(32,33)34)38-27(40)44/h9-12,15-16,18,22-23,25H,3-8,13-14H2,1-2H3,(H2,35,43)(H,38,44)/t22-,23-,25+/m0/s1. The molecule has 2 saturated carbocycles. The second-order valence-corrected chi connectivity index (χ2v) is 12.5. The number of carbonyl (C=O) groups excluding carboxylic acids is 2. The average molecular weight is 639 g/mol. The summed E-state index contributed by atoms with van der Waals surface area (Å²) in [6.45, 7) is 3.09. The van der Waals surface area contributed by atoms with Crippen LogP contribution >= 0.6 is 0 Å². The molecular formula is C29H35F5N8O3. The summed E-state index contributed by atoms with van der Waals surface area (Å²) in [6, 6.07) is -0.700. The molecule has 0 aromatic carbocycles. The highest BCUT2D eigenvalue weighted by Crippen LogP contribution is 2.45. The van der Waals surface area contributed by atoms with Gasteiger partial charge in [0.2, 0.25) is 5.92 Å². The summed E-state index contributed by atoms with van der Waals surface area (Å²) in [4.78, 5) is 30.8. The van der Waals surface area contributed by atoms with Crippen molar-refractivity contribution in [2.45, 2.75) is 94.6 Å². The van der Waals surface area contributed by atoms with Gasteiger partial charge >= 0.3 is 12.2 Å². The Hall–Kier alpha value is -3.82. The zero-order valence-electron chi connectivity index (χ0n) is 24.8. The van der Waals surface area contributed by atoms with E-state index < -0.39 is 48.6 Å². The quantitative estimate of drug-likeness (QED) is 0.309. The van der Waals surface area contributed by atoms with Crippen LogP contribution in [0.25, 0.3) is 5.65 Å². The van der Waals surface area contributed by atoms with Gasteiger partial charge in [0.25, 0.3) is 5.91 Å². The number of nitrogens with zero attached hydrogens (tertiary/aromatic N) is 6. The summed E-state index contributed by atoms with van der Waals surface area (Å²) in [7, 11) is 0. The molecule has 3 aromatic rings. The summed E-state index contributed by atoms with van der Waals surface area (Å²) >= 11 is 0. The molecule has 4 heterocycles. The van der Waals surface area contributed by atoms with Crippen LogP contribution in [0.3, 0.4) is 0 Å². The summed E-state index contributed by atoms with van der Waals surface area (Å²) in [5.74, 6) is -4.26. The highest BCUT2D eigenvalue weighted by molar-refractivity contribution is 5.91. The monoisotopic (exact) mass is 638 g/mol. The van der Waals surface area contributed by atoms with Gasteiger partial charge in [-0.15, -0.1) is 0 Å². The number of primary amides is 1. The van der Waals surface area contributed by atoms with Crippen LogP contribution in [0.4, 0.5) is 26.7 Å². The van der Waals surface area contributed by atoms with Crippen molar-refractivity contribution in [3.63, 3.8) is 0 Å². The molecule has 1 saturated heterocycles. The Morgan fingerprint density at radius 3 is 2.44 bits per heavy atom. The van der Waals surface area contributed by atoms with E-state index >= 15 is 0 Å². The molecule has 0 unspecified atom stereocenters. The molecule has 1 aliphatic heterocycles. The zero-order chi connectivity index (χ0) is 32.3. The first-order chi connectivity index (χ1) is 21.2. The molecule has 244 valence electrons. The Balaban J connectivity index is 1.37. The van der Waals surface area contributed by atoms with Crippen LogP contribution < -0.4 is 11.1 Å². The highest BCUT2D eigenvalue weighted by Gasteiger charge is 2.49. The van der Waals surface area contributed by atoms with Crippen molar-refractivity contribution in [2.24, 2.45) is 11.7 Å². The van der Waals surface area contributed by atoms with Gasteiger partial charge in [0.1, 0.15) is 11.7 Å². The first-order valence-electron chi connectivity index (χ1n) is 15.1. The van der Waals surface area contributed by atoms with Gasteiger partial charge in [-0.2, -0.15) is 23.4 Å². The van der Waals surface area contributed by atoms with Crippen molar-refractivity contribution >= 4 is 17.6 Å².